The van der Waals surface area contributed by atoms with Crippen LogP contribution < -0.4 is 5.32 Å². The van der Waals surface area contributed by atoms with Crippen LogP contribution in [-0.4, -0.2) is 30.9 Å². The summed E-state index contributed by atoms with van der Waals surface area (Å²) in [6.45, 7) is 2.76. The lowest BCUT2D eigenvalue weighted by Gasteiger charge is -2.30. The molecule has 0 atom stereocenters. The van der Waals surface area contributed by atoms with Gasteiger partial charge in [-0.15, -0.1) is 0 Å². The molecule has 3 rings (SSSR count). The first-order chi connectivity index (χ1) is 12.6. The number of carbonyl (C=O) groups excluding carboxylic acids is 1. The summed E-state index contributed by atoms with van der Waals surface area (Å²) < 4.78 is 0. The first kappa shape index (κ1) is 18.7. The summed E-state index contributed by atoms with van der Waals surface area (Å²) in [5.41, 5.74) is 3.52. The van der Waals surface area contributed by atoms with Crippen LogP contribution in [0.3, 0.4) is 0 Å². The van der Waals surface area contributed by atoms with Crippen molar-refractivity contribution in [3.63, 3.8) is 0 Å². The maximum Gasteiger partial charge on any atom is 0.244 e. The molecule has 1 aliphatic rings. The van der Waals surface area contributed by atoms with Crippen LogP contribution in [0.5, 0.6) is 0 Å². The quantitative estimate of drug-likeness (QED) is 0.789. The second-order valence-electron chi connectivity index (χ2n) is 6.88. The van der Waals surface area contributed by atoms with E-state index in [1.165, 1.54) is 18.4 Å². The van der Waals surface area contributed by atoms with Gasteiger partial charge in [-0.2, -0.15) is 0 Å². The van der Waals surface area contributed by atoms with Gasteiger partial charge in [0.25, 0.3) is 0 Å². The summed E-state index contributed by atoms with van der Waals surface area (Å²) in [7, 11) is 2.17. The van der Waals surface area contributed by atoms with Crippen molar-refractivity contribution in [1.82, 2.24) is 10.2 Å². The standard InChI is InChI=1S/C22H25ClN2O/c1-25-14-12-19(13-15-25)21-5-3-2-4-18(21)8-11-22(26)24-16-17-6-9-20(23)10-7-17/h2-11,19H,12-16H2,1H3,(H,24,26)/b11-8-. The molecule has 1 heterocycles. The highest BCUT2D eigenvalue weighted by Gasteiger charge is 2.19. The van der Waals surface area contributed by atoms with Gasteiger partial charge in [-0.1, -0.05) is 48.0 Å². The zero-order chi connectivity index (χ0) is 18.4. The van der Waals surface area contributed by atoms with Gasteiger partial charge < -0.3 is 10.2 Å². The van der Waals surface area contributed by atoms with Crippen LogP contribution in [0.15, 0.2) is 54.6 Å². The lowest BCUT2D eigenvalue weighted by molar-refractivity contribution is -0.116. The predicted octanol–water partition coefficient (Wildman–Crippen LogP) is 4.48. The molecule has 0 radical (unpaired) electrons. The van der Waals surface area contributed by atoms with E-state index in [4.69, 9.17) is 11.6 Å². The van der Waals surface area contributed by atoms with E-state index in [0.29, 0.717) is 17.5 Å². The zero-order valence-electron chi connectivity index (χ0n) is 15.1. The molecule has 136 valence electrons. The Morgan fingerprint density at radius 1 is 1.15 bits per heavy atom. The summed E-state index contributed by atoms with van der Waals surface area (Å²) in [6.07, 6.45) is 5.91. The molecule has 0 saturated carbocycles. The van der Waals surface area contributed by atoms with Gasteiger partial charge in [0.1, 0.15) is 0 Å². The van der Waals surface area contributed by atoms with E-state index < -0.39 is 0 Å². The number of halogens is 1. The van der Waals surface area contributed by atoms with E-state index in [9.17, 15) is 4.79 Å². The number of nitrogens with zero attached hydrogens (tertiary/aromatic N) is 1. The van der Waals surface area contributed by atoms with Crippen LogP contribution in [0, 0.1) is 0 Å². The normalized spacial score (nSPS) is 16.1. The summed E-state index contributed by atoms with van der Waals surface area (Å²) in [5.74, 6) is 0.488. The predicted molar refractivity (Wildman–Crippen MR) is 108 cm³/mol. The fourth-order valence-corrected chi connectivity index (χ4v) is 3.50. The number of hydrogen-bond donors (Lipinski definition) is 1. The van der Waals surface area contributed by atoms with Crippen molar-refractivity contribution in [2.24, 2.45) is 0 Å². The van der Waals surface area contributed by atoms with Gasteiger partial charge in [-0.05, 0) is 73.8 Å². The summed E-state index contributed by atoms with van der Waals surface area (Å²) in [5, 5.41) is 3.62. The number of rotatable bonds is 5. The van der Waals surface area contributed by atoms with Crippen molar-refractivity contribution in [2.45, 2.75) is 25.3 Å². The highest BCUT2D eigenvalue weighted by atomic mass is 35.5. The molecule has 3 nitrogen and oxygen atoms in total. The third-order valence-corrected chi connectivity index (χ3v) is 5.20. The third-order valence-electron chi connectivity index (χ3n) is 4.95. The van der Waals surface area contributed by atoms with Crippen molar-refractivity contribution >= 4 is 23.6 Å². The maximum atomic E-state index is 12.2. The van der Waals surface area contributed by atoms with E-state index in [1.54, 1.807) is 6.08 Å². The highest BCUT2D eigenvalue weighted by Crippen LogP contribution is 2.30. The van der Waals surface area contributed by atoms with Crippen LogP contribution in [0.25, 0.3) is 6.08 Å². The minimum absolute atomic E-state index is 0.0851. The summed E-state index contributed by atoms with van der Waals surface area (Å²) in [6, 6.07) is 15.9. The Bertz CT molecular complexity index is 762. The zero-order valence-corrected chi connectivity index (χ0v) is 15.9. The van der Waals surface area contributed by atoms with E-state index >= 15 is 0 Å². The van der Waals surface area contributed by atoms with Crippen LogP contribution in [0.2, 0.25) is 5.02 Å². The number of nitrogens with one attached hydrogen (secondary N) is 1. The Hall–Kier alpha value is -2.10. The van der Waals surface area contributed by atoms with E-state index in [2.05, 4.69) is 35.5 Å². The number of benzene rings is 2. The molecular weight excluding hydrogens is 344 g/mol. The van der Waals surface area contributed by atoms with Crippen LogP contribution in [0.4, 0.5) is 0 Å². The number of hydrogen-bond acceptors (Lipinski definition) is 2. The van der Waals surface area contributed by atoms with Gasteiger partial charge in [0, 0.05) is 17.6 Å². The molecule has 0 spiro atoms. The highest BCUT2D eigenvalue weighted by molar-refractivity contribution is 6.30. The van der Waals surface area contributed by atoms with Crippen LogP contribution in [0.1, 0.15) is 35.4 Å². The number of likely N-dealkylation sites (tertiary alicyclic amines) is 1. The summed E-state index contributed by atoms with van der Waals surface area (Å²) in [4.78, 5) is 14.5. The van der Waals surface area contributed by atoms with Gasteiger partial charge in [-0.25, -0.2) is 0 Å². The molecule has 1 N–H and O–H groups in total. The molecule has 0 aliphatic carbocycles. The van der Waals surface area contributed by atoms with E-state index in [1.807, 2.05) is 36.4 Å². The van der Waals surface area contributed by atoms with Gasteiger partial charge in [-0.3, -0.25) is 4.79 Å². The molecule has 1 saturated heterocycles. The van der Waals surface area contributed by atoms with Crippen LogP contribution in [-0.2, 0) is 11.3 Å². The molecule has 2 aromatic rings. The van der Waals surface area contributed by atoms with E-state index in [0.717, 1.165) is 24.2 Å². The van der Waals surface area contributed by atoms with Crippen molar-refractivity contribution in [1.29, 1.82) is 0 Å². The summed E-state index contributed by atoms with van der Waals surface area (Å²) >= 11 is 5.88. The minimum atomic E-state index is -0.0851. The fraction of sp³-hybridized carbons (Fsp3) is 0.318. The molecule has 26 heavy (non-hydrogen) atoms. The Morgan fingerprint density at radius 3 is 2.58 bits per heavy atom. The second kappa shape index (κ2) is 9.02. The Kier molecular flexibility index (Phi) is 6.48. The average molecular weight is 369 g/mol. The van der Waals surface area contributed by atoms with Crippen molar-refractivity contribution < 1.29 is 4.79 Å². The molecule has 4 heteroatoms. The van der Waals surface area contributed by atoms with Crippen molar-refractivity contribution in [3.8, 4) is 0 Å². The molecule has 1 amide bonds. The molecule has 1 fully saturated rings. The molecule has 1 aliphatic heterocycles. The minimum Gasteiger partial charge on any atom is -0.348 e. The Balaban J connectivity index is 1.61. The lowest BCUT2D eigenvalue weighted by Crippen LogP contribution is -2.29. The smallest absolute Gasteiger partial charge is 0.244 e. The first-order valence-electron chi connectivity index (χ1n) is 9.09. The van der Waals surface area contributed by atoms with Gasteiger partial charge in [0.05, 0.1) is 0 Å². The molecule has 0 bridgehead atoms. The molecule has 0 unspecified atom stereocenters. The average Bonchev–Trinajstić information content (AvgIpc) is 2.67. The van der Waals surface area contributed by atoms with Crippen molar-refractivity contribution in [3.05, 3.63) is 76.3 Å². The molecular formula is C22H25ClN2O. The number of amides is 1. The van der Waals surface area contributed by atoms with Gasteiger partial charge in [0.15, 0.2) is 0 Å². The molecule has 2 aromatic carbocycles. The van der Waals surface area contributed by atoms with Crippen LogP contribution >= 0.6 is 11.6 Å². The number of piperidine rings is 1. The monoisotopic (exact) mass is 368 g/mol. The third kappa shape index (κ3) is 5.20. The lowest BCUT2D eigenvalue weighted by atomic mass is 9.86. The van der Waals surface area contributed by atoms with Gasteiger partial charge >= 0.3 is 0 Å². The van der Waals surface area contributed by atoms with E-state index in [-0.39, 0.29) is 5.91 Å². The maximum absolute atomic E-state index is 12.2. The second-order valence-corrected chi connectivity index (χ2v) is 7.32. The Morgan fingerprint density at radius 2 is 1.85 bits per heavy atom. The molecule has 0 aromatic heterocycles. The SMILES string of the molecule is CN1CCC(c2ccccc2/C=C\C(=O)NCc2ccc(Cl)cc2)CC1. The topological polar surface area (TPSA) is 32.3 Å². The first-order valence-corrected chi connectivity index (χ1v) is 9.47. The number of carbonyl (C=O) groups is 1. The van der Waals surface area contributed by atoms with Gasteiger partial charge in [0.2, 0.25) is 5.91 Å². The fourth-order valence-electron chi connectivity index (χ4n) is 3.37. The largest absolute Gasteiger partial charge is 0.348 e. The Labute approximate surface area is 160 Å². The van der Waals surface area contributed by atoms with Crippen molar-refractivity contribution in [2.75, 3.05) is 20.1 Å².